The lowest BCUT2D eigenvalue weighted by Crippen LogP contribution is -1.98. The van der Waals surface area contributed by atoms with Crippen molar-refractivity contribution >= 4 is 5.97 Å². The Labute approximate surface area is 119 Å². The Bertz CT molecular complexity index is 822. The zero-order chi connectivity index (χ0) is 15.0. The molecule has 106 valence electrons. The third-order valence-corrected chi connectivity index (χ3v) is 3.02. The Hall–Kier alpha value is -2.96. The predicted molar refractivity (Wildman–Crippen MR) is 72.7 cm³/mol. The van der Waals surface area contributed by atoms with Gasteiger partial charge in [0, 0.05) is 25.0 Å². The molecule has 1 aromatic carbocycles. The third-order valence-electron chi connectivity index (χ3n) is 3.02. The van der Waals surface area contributed by atoms with E-state index >= 15 is 0 Å². The van der Waals surface area contributed by atoms with Gasteiger partial charge in [-0.05, 0) is 12.1 Å². The molecule has 0 radical (unpaired) electrons. The highest BCUT2D eigenvalue weighted by Crippen LogP contribution is 2.24. The Morgan fingerprint density at radius 2 is 2.05 bits per heavy atom. The minimum atomic E-state index is -1.13. The number of halogens is 1. The van der Waals surface area contributed by atoms with Crippen molar-refractivity contribution in [2.75, 3.05) is 0 Å². The molecule has 1 N–H and O–H groups in total. The smallest absolute Gasteiger partial charge is 0.339 e. The van der Waals surface area contributed by atoms with Crippen LogP contribution in [-0.4, -0.2) is 30.6 Å². The van der Waals surface area contributed by atoms with Gasteiger partial charge in [0.1, 0.15) is 22.8 Å². The molecular formula is C14H11FN4O2. The molecule has 0 bridgehead atoms. The first-order chi connectivity index (χ1) is 10.1. The lowest BCUT2D eigenvalue weighted by molar-refractivity contribution is 0.0697. The molecule has 0 unspecified atom stereocenters. The highest BCUT2D eigenvalue weighted by molar-refractivity contribution is 5.94. The van der Waals surface area contributed by atoms with Crippen LogP contribution in [-0.2, 0) is 7.05 Å². The first kappa shape index (κ1) is 13.0. The largest absolute Gasteiger partial charge is 0.478 e. The molecule has 0 aliphatic carbocycles. The zero-order valence-electron chi connectivity index (χ0n) is 11.1. The zero-order valence-corrected chi connectivity index (χ0v) is 11.1. The Morgan fingerprint density at radius 3 is 2.67 bits per heavy atom. The number of hydrogen-bond donors (Lipinski definition) is 1. The summed E-state index contributed by atoms with van der Waals surface area (Å²) in [4.78, 5) is 11.4. The SMILES string of the molecule is Cn1cc(-c2nn(-c3ccccc3F)cc2C(=O)O)cn1. The minimum absolute atomic E-state index is 0.00810. The number of rotatable bonds is 3. The van der Waals surface area contributed by atoms with Crippen LogP contribution in [0.2, 0.25) is 0 Å². The van der Waals surface area contributed by atoms with Crippen LogP contribution in [0.25, 0.3) is 16.9 Å². The molecule has 0 saturated carbocycles. The van der Waals surface area contributed by atoms with Gasteiger partial charge >= 0.3 is 5.97 Å². The summed E-state index contributed by atoms with van der Waals surface area (Å²) in [6.07, 6.45) is 4.46. The molecule has 7 heteroatoms. The van der Waals surface area contributed by atoms with Crippen LogP contribution in [0.15, 0.2) is 42.9 Å². The van der Waals surface area contributed by atoms with Crippen LogP contribution in [0.1, 0.15) is 10.4 Å². The first-order valence-electron chi connectivity index (χ1n) is 6.13. The van der Waals surface area contributed by atoms with Gasteiger partial charge in [-0.25, -0.2) is 13.9 Å². The highest BCUT2D eigenvalue weighted by atomic mass is 19.1. The van der Waals surface area contributed by atoms with E-state index in [2.05, 4.69) is 10.2 Å². The molecule has 3 aromatic rings. The normalized spacial score (nSPS) is 10.8. The molecule has 0 aliphatic rings. The summed E-state index contributed by atoms with van der Waals surface area (Å²) in [5.41, 5.74) is 0.991. The van der Waals surface area contributed by atoms with Crippen LogP contribution < -0.4 is 0 Å². The van der Waals surface area contributed by atoms with Gasteiger partial charge in [-0.3, -0.25) is 4.68 Å². The number of aromatic nitrogens is 4. The van der Waals surface area contributed by atoms with E-state index in [0.29, 0.717) is 5.56 Å². The van der Waals surface area contributed by atoms with E-state index in [4.69, 9.17) is 0 Å². The summed E-state index contributed by atoms with van der Waals surface area (Å²) in [6, 6.07) is 6.04. The van der Waals surface area contributed by atoms with Gasteiger partial charge in [0.2, 0.25) is 0 Å². The molecule has 2 heterocycles. The van der Waals surface area contributed by atoms with E-state index in [1.807, 2.05) is 0 Å². The number of carboxylic acid groups (broad SMARTS) is 1. The van der Waals surface area contributed by atoms with Gasteiger partial charge in [0.25, 0.3) is 0 Å². The lowest BCUT2D eigenvalue weighted by atomic mass is 10.1. The lowest BCUT2D eigenvalue weighted by Gasteiger charge is -2.01. The van der Waals surface area contributed by atoms with Gasteiger partial charge < -0.3 is 5.11 Å². The topological polar surface area (TPSA) is 72.9 Å². The predicted octanol–water partition coefficient (Wildman–Crippen LogP) is 2.11. The molecule has 3 rings (SSSR count). The maximum absolute atomic E-state index is 13.8. The van der Waals surface area contributed by atoms with E-state index in [1.54, 1.807) is 30.1 Å². The van der Waals surface area contributed by atoms with Crippen LogP contribution in [0.5, 0.6) is 0 Å². The van der Waals surface area contributed by atoms with Crippen molar-refractivity contribution in [1.29, 1.82) is 0 Å². The standard InChI is InChI=1S/C14H11FN4O2/c1-18-7-9(6-16-18)13-10(14(20)21)8-19(17-13)12-5-3-2-4-11(12)15/h2-8H,1H3,(H,20,21). The summed E-state index contributed by atoms with van der Waals surface area (Å²) in [5, 5.41) is 17.5. The fraction of sp³-hybridized carbons (Fsp3) is 0.0714. The average molecular weight is 286 g/mol. The number of aromatic carboxylic acids is 1. The molecule has 2 aromatic heterocycles. The van der Waals surface area contributed by atoms with Crippen molar-refractivity contribution in [2.45, 2.75) is 0 Å². The number of benzene rings is 1. The van der Waals surface area contributed by atoms with Crippen molar-refractivity contribution in [3.05, 3.63) is 54.2 Å². The fourth-order valence-electron chi connectivity index (χ4n) is 2.05. The molecule has 0 amide bonds. The molecule has 0 saturated heterocycles. The van der Waals surface area contributed by atoms with E-state index in [-0.39, 0.29) is 16.9 Å². The van der Waals surface area contributed by atoms with Crippen molar-refractivity contribution in [2.24, 2.45) is 7.05 Å². The van der Waals surface area contributed by atoms with Crippen molar-refractivity contribution in [1.82, 2.24) is 19.6 Å². The minimum Gasteiger partial charge on any atom is -0.478 e. The van der Waals surface area contributed by atoms with E-state index in [0.717, 1.165) is 0 Å². The number of para-hydroxylation sites is 1. The third kappa shape index (κ3) is 2.29. The number of nitrogens with zero attached hydrogens (tertiary/aromatic N) is 4. The number of aryl methyl sites for hydroxylation is 1. The monoisotopic (exact) mass is 286 g/mol. The van der Waals surface area contributed by atoms with E-state index in [9.17, 15) is 14.3 Å². The van der Waals surface area contributed by atoms with Gasteiger partial charge in [0.05, 0.1) is 6.20 Å². The summed E-state index contributed by atoms with van der Waals surface area (Å²) in [6.45, 7) is 0. The summed E-state index contributed by atoms with van der Waals surface area (Å²) in [7, 11) is 1.72. The molecule has 0 aliphatic heterocycles. The van der Waals surface area contributed by atoms with Gasteiger partial charge in [-0.1, -0.05) is 12.1 Å². The second-order valence-corrected chi connectivity index (χ2v) is 4.50. The molecular weight excluding hydrogens is 275 g/mol. The number of carbonyl (C=O) groups is 1. The molecule has 21 heavy (non-hydrogen) atoms. The van der Waals surface area contributed by atoms with Crippen LogP contribution in [0, 0.1) is 5.82 Å². The first-order valence-corrected chi connectivity index (χ1v) is 6.13. The number of carboxylic acids is 1. The van der Waals surface area contributed by atoms with E-state index in [1.165, 1.54) is 29.2 Å². The average Bonchev–Trinajstić information content (AvgIpc) is 3.05. The summed E-state index contributed by atoms with van der Waals surface area (Å²) in [5.74, 6) is -1.61. The Morgan fingerprint density at radius 1 is 1.29 bits per heavy atom. The fourth-order valence-corrected chi connectivity index (χ4v) is 2.05. The summed E-state index contributed by atoms with van der Waals surface area (Å²) < 4.78 is 16.6. The van der Waals surface area contributed by atoms with Crippen molar-refractivity contribution in [3.8, 4) is 16.9 Å². The summed E-state index contributed by atoms with van der Waals surface area (Å²) >= 11 is 0. The van der Waals surface area contributed by atoms with Crippen molar-refractivity contribution in [3.63, 3.8) is 0 Å². The van der Waals surface area contributed by atoms with Crippen LogP contribution >= 0.6 is 0 Å². The quantitative estimate of drug-likeness (QED) is 0.800. The maximum Gasteiger partial charge on any atom is 0.339 e. The Kier molecular flexibility index (Phi) is 3.02. The molecule has 0 spiro atoms. The molecule has 0 atom stereocenters. The van der Waals surface area contributed by atoms with Crippen LogP contribution in [0.3, 0.4) is 0 Å². The van der Waals surface area contributed by atoms with Crippen molar-refractivity contribution < 1.29 is 14.3 Å². The van der Waals surface area contributed by atoms with E-state index < -0.39 is 11.8 Å². The second kappa shape index (κ2) is 4.86. The highest BCUT2D eigenvalue weighted by Gasteiger charge is 2.19. The molecule has 0 fully saturated rings. The maximum atomic E-state index is 13.8. The Balaban J connectivity index is 2.18. The number of hydrogen-bond acceptors (Lipinski definition) is 3. The van der Waals surface area contributed by atoms with Crippen LogP contribution in [0.4, 0.5) is 4.39 Å². The van der Waals surface area contributed by atoms with Gasteiger partial charge in [-0.15, -0.1) is 0 Å². The molecule has 6 nitrogen and oxygen atoms in total. The van der Waals surface area contributed by atoms with Gasteiger partial charge in [0.15, 0.2) is 0 Å². The second-order valence-electron chi connectivity index (χ2n) is 4.50. The van der Waals surface area contributed by atoms with Gasteiger partial charge in [-0.2, -0.15) is 10.2 Å².